The molecule has 140 valence electrons. The second kappa shape index (κ2) is 10.00. The molecule has 2 atom stereocenters. The van der Waals surface area contributed by atoms with Crippen LogP contribution in [-0.4, -0.2) is 42.4 Å². The van der Waals surface area contributed by atoms with Crippen molar-refractivity contribution in [3.63, 3.8) is 0 Å². The molecular formula is C18H27Cl2N3O2. The van der Waals surface area contributed by atoms with Crippen molar-refractivity contribution in [3.05, 3.63) is 28.8 Å². The highest BCUT2D eigenvalue weighted by molar-refractivity contribution is 6.34. The molecular weight excluding hydrogens is 361 g/mol. The SMILES string of the molecule is CCN(CC)C(=O)c1ccc(NC(=O)[C@H]2CCN[C@@H](C)C2)cc1Cl.Cl. The van der Waals surface area contributed by atoms with E-state index >= 15 is 0 Å². The Bertz CT molecular complexity index is 606. The Labute approximate surface area is 160 Å². The first kappa shape index (κ1) is 21.7. The molecule has 0 saturated carbocycles. The maximum Gasteiger partial charge on any atom is 0.255 e. The van der Waals surface area contributed by atoms with Crippen LogP contribution in [0.25, 0.3) is 0 Å². The topological polar surface area (TPSA) is 61.4 Å². The van der Waals surface area contributed by atoms with Gasteiger partial charge in [0.15, 0.2) is 0 Å². The molecule has 25 heavy (non-hydrogen) atoms. The van der Waals surface area contributed by atoms with Crippen molar-refractivity contribution in [3.8, 4) is 0 Å². The van der Waals surface area contributed by atoms with Gasteiger partial charge < -0.3 is 15.5 Å². The highest BCUT2D eigenvalue weighted by Gasteiger charge is 2.25. The molecule has 0 unspecified atom stereocenters. The van der Waals surface area contributed by atoms with Gasteiger partial charge in [0, 0.05) is 30.7 Å². The monoisotopic (exact) mass is 387 g/mol. The van der Waals surface area contributed by atoms with E-state index in [0.29, 0.717) is 35.4 Å². The third kappa shape index (κ3) is 5.59. The van der Waals surface area contributed by atoms with Gasteiger partial charge in [-0.2, -0.15) is 0 Å². The minimum Gasteiger partial charge on any atom is -0.339 e. The molecule has 2 rings (SSSR count). The molecule has 1 aliphatic heterocycles. The number of nitrogens with one attached hydrogen (secondary N) is 2. The lowest BCUT2D eigenvalue weighted by Gasteiger charge is -2.27. The summed E-state index contributed by atoms with van der Waals surface area (Å²) >= 11 is 6.27. The predicted octanol–water partition coefficient (Wildman–Crippen LogP) is 3.57. The minimum atomic E-state index is -0.0879. The van der Waals surface area contributed by atoms with Crippen molar-refractivity contribution in [1.82, 2.24) is 10.2 Å². The lowest BCUT2D eigenvalue weighted by atomic mass is 9.92. The van der Waals surface area contributed by atoms with Crippen LogP contribution < -0.4 is 10.6 Å². The standard InChI is InChI=1S/C18H26ClN3O2.ClH/c1-4-22(5-2)18(24)15-7-6-14(11-16(15)19)21-17(23)13-8-9-20-12(3)10-13;/h6-7,11-13,20H,4-5,8-10H2,1-3H3,(H,21,23);1H/t12-,13-;/m0./s1. The largest absolute Gasteiger partial charge is 0.339 e. The van der Waals surface area contributed by atoms with E-state index in [1.165, 1.54) is 0 Å². The number of carbonyl (C=O) groups is 2. The van der Waals surface area contributed by atoms with Crippen molar-refractivity contribution < 1.29 is 9.59 Å². The molecule has 0 aliphatic carbocycles. The molecule has 0 aromatic heterocycles. The molecule has 1 aromatic carbocycles. The van der Waals surface area contributed by atoms with E-state index in [1.807, 2.05) is 13.8 Å². The second-order valence-corrected chi connectivity index (χ2v) is 6.64. The van der Waals surface area contributed by atoms with Crippen LogP contribution in [0.1, 0.15) is 44.0 Å². The van der Waals surface area contributed by atoms with Gasteiger partial charge in [-0.15, -0.1) is 12.4 Å². The van der Waals surface area contributed by atoms with Crippen molar-refractivity contribution >= 4 is 41.5 Å². The summed E-state index contributed by atoms with van der Waals surface area (Å²) in [7, 11) is 0. The maximum absolute atomic E-state index is 12.4. The molecule has 1 aromatic rings. The zero-order chi connectivity index (χ0) is 17.7. The van der Waals surface area contributed by atoms with Crippen LogP contribution in [0.5, 0.6) is 0 Å². The van der Waals surface area contributed by atoms with Crippen molar-refractivity contribution in [2.24, 2.45) is 5.92 Å². The molecule has 0 bridgehead atoms. The Morgan fingerprint density at radius 2 is 2.00 bits per heavy atom. The summed E-state index contributed by atoms with van der Waals surface area (Å²) in [5, 5.41) is 6.62. The summed E-state index contributed by atoms with van der Waals surface area (Å²) in [6.45, 7) is 8.09. The maximum atomic E-state index is 12.4. The van der Waals surface area contributed by atoms with Gasteiger partial charge in [0.1, 0.15) is 0 Å². The number of hydrogen-bond donors (Lipinski definition) is 2. The van der Waals surface area contributed by atoms with E-state index < -0.39 is 0 Å². The third-order valence-electron chi connectivity index (χ3n) is 4.51. The van der Waals surface area contributed by atoms with E-state index in [1.54, 1.807) is 23.1 Å². The van der Waals surface area contributed by atoms with Gasteiger partial charge in [-0.05, 0) is 58.4 Å². The van der Waals surface area contributed by atoms with Crippen LogP contribution in [0.4, 0.5) is 5.69 Å². The number of piperidine rings is 1. The number of rotatable bonds is 5. The summed E-state index contributed by atoms with van der Waals surface area (Å²) in [4.78, 5) is 26.5. The summed E-state index contributed by atoms with van der Waals surface area (Å²) < 4.78 is 0. The van der Waals surface area contributed by atoms with E-state index in [-0.39, 0.29) is 30.1 Å². The molecule has 2 N–H and O–H groups in total. The van der Waals surface area contributed by atoms with Crippen LogP contribution in [0.3, 0.4) is 0 Å². The van der Waals surface area contributed by atoms with Crippen LogP contribution in [0.2, 0.25) is 5.02 Å². The van der Waals surface area contributed by atoms with Crippen molar-refractivity contribution in [2.45, 2.75) is 39.7 Å². The van der Waals surface area contributed by atoms with Gasteiger partial charge in [-0.3, -0.25) is 9.59 Å². The van der Waals surface area contributed by atoms with E-state index in [9.17, 15) is 9.59 Å². The highest BCUT2D eigenvalue weighted by Crippen LogP contribution is 2.24. The normalized spacial score (nSPS) is 19.7. The smallest absolute Gasteiger partial charge is 0.255 e. The number of halogens is 2. The van der Waals surface area contributed by atoms with Gasteiger partial charge in [0.2, 0.25) is 5.91 Å². The quantitative estimate of drug-likeness (QED) is 0.811. The second-order valence-electron chi connectivity index (χ2n) is 6.24. The molecule has 0 spiro atoms. The Balaban J connectivity index is 0.00000312. The van der Waals surface area contributed by atoms with Crippen LogP contribution in [-0.2, 0) is 4.79 Å². The molecule has 1 fully saturated rings. The number of benzene rings is 1. The fraction of sp³-hybridized carbons (Fsp3) is 0.556. The minimum absolute atomic E-state index is 0. The fourth-order valence-corrected chi connectivity index (χ4v) is 3.32. The zero-order valence-electron chi connectivity index (χ0n) is 15.0. The number of nitrogens with zero attached hydrogens (tertiary/aromatic N) is 1. The number of hydrogen-bond acceptors (Lipinski definition) is 3. The number of anilines is 1. The number of carbonyl (C=O) groups excluding carboxylic acids is 2. The summed E-state index contributed by atoms with van der Waals surface area (Å²) in [6.07, 6.45) is 1.67. The Hall–Kier alpha value is -1.30. The summed E-state index contributed by atoms with van der Waals surface area (Å²) in [5.74, 6) is -0.0608. The van der Waals surface area contributed by atoms with Crippen LogP contribution in [0, 0.1) is 5.92 Å². The molecule has 1 aliphatic rings. The highest BCUT2D eigenvalue weighted by atomic mass is 35.5. The van der Waals surface area contributed by atoms with Crippen LogP contribution >= 0.6 is 24.0 Å². The Kier molecular flexibility index (Phi) is 8.69. The first-order valence-electron chi connectivity index (χ1n) is 8.59. The van der Waals surface area contributed by atoms with Crippen molar-refractivity contribution in [2.75, 3.05) is 25.0 Å². The van der Waals surface area contributed by atoms with Crippen molar-refractivity contribution in [1.29, 1.82) is 0 Å². The molecule has 2 amide bonds. The molecule has 1 saturated heterocycles. The van der Waals surface area contributed by atoms with Gasteiger partial charge in [0.05, 0.1) is 10.6 Å². The lowest BCUT2D eigenvalue weighted by molar-refractivity contribution is -0.120. The first-order valence-corrected chi connectivity index (χ1v) is 8.97. The molecule has 1 heterocycles. The van der Waals surface area contributed by atoms with Crippen LogP contribution in [0.15, 0.2) is 18.2 Å². The average Bonchev–Trinajstić information content (AvgIpc) is 2.56. The van der Waals surface area contributed by atoms with Gasteiger partial charge >= 0.3 is 0 Å². The van der Waals surface area contributed by atoms with Gasteiger partial charge in [0.25, 0.3) is 5.91 Å². The van der Waals surface area contributed by atoms with E-state index in [2.05, 4.69) is 17.6 Å². The number of amides is 2. The Morgan fingerprint density at radius 3 is 2.56 bits per heavy atom. The summed E-state index contributed by atoms with van der Waals surface area (Å²) in [5.41, 5.74) is 1.10. The fourth-order valence-electron chi connectivity index (χ4n) is 3.06. The Morgan fingerprint density at radius 1 is 1.32 bits per heavy atom. The molecule has 0 radical (unpaired) electrons. The molecule has 5 nitrogen and oxygen atoms in total. The third-order valence-corrected chi connectivity index (χ3v) is 4.82. The van der Waals surface area contributed by atoms with E-state index in [4.69, 9.17) is 11.6 Å². The molecule has 7 heteroatoms. The lowest BCUT2D eigenvalue weighted by Crippen LogP contribution is -2.40. The van der Waals surface area contributed by atoms with Gasteiger partial charge in [-0.25, -0.2) is 0 Å². The predicted molar refractivity (Wildman–Crippen MR) is 105 cm³/mol. The average molecular weight is 388 g/mol. The van der Waals surface area contributed by atoms with Gasteiger partial charge in [-0.1, -0.05) is 11.6 Å². The van der Waals surface area contributed by atoms with E-state index in [0.717, 1.165) is 19.4 Å². The zero-order valence-corrected chi connectivity index (χ0v) is 16.5. The first-order chi connectivity index (χ1) is 11.5. The summed E-state index contributed by atoms with van der Waals surface area (Å²) in [6, 6.07) is 5.43.